The molecule has 1 heterocycles. The molecule has 0 spiro atoms. The molecule has 0 bridgehead atoms. The van der Waals surface area contributed by atoms with Crippen molar-refractivity contribution in [3.05, 3.63) is 81.7 Å². The lowest BCUT2D eigenvalue weighted by molar-refractivity contribution is 1.29. The lowest BCUT2D eigenvalue weighted by atomic mass is 9.95. The molecular weight excluding hydrogens is 304 g/mol. The third kappa shape index (κ3) is 4.53. The first-order valence-corrected chi connectivity index (χ1v) is 7.73. The predicted molar refractivity (Wildman–Crippen MR) is 100 cm³/mol. The van der Waals surface area contributed by atoms with Gasteiger partial charge in [-0.25, -0.2) is 4.99 Å². The second-order valence-electron chi connectivity index (χ2n) is 5.37. The monoisotopic (exact) mass is 322 g/mol. The fourth-order valence-corrected chi connectivity index (χ4v) is 2.35. The topological polar surface area (TPSA) is 36.2 Å². The Morgan fingerprint density at radius 2 is 2.17 bits per heavy atom. The fraction of sp³-hybridized carbons (Fsp3) is 0.150. The molecule has 0 radical (unpaired) electrons. The first-order chi connectivity index (χ1) is 11.0. The SMILES string of the molecule is C=C(C)C(=N)c1cccc(C=CC2=CC=NC(Cl)=C=CC2)c1C. The van der Waals surface area contributed by atoms with Crippen molar-refractivity contribution >= 4 is 29.6 Å². The molecule has 1 aromatic carbocycles. The van der Waals surface area contributed by atoms with E-state index >= 15 is 0 Å². The van der Waals surface area contributed by atoms with Gasteiger partial charge < -0.3 is 5.41 Å². The largest absolute Gasteiger partial charge is 0.300 e. The molecule has 2 rings (SSSR count). The summed E-state index contributed by atoms with van der Waals surface area (Å²) in [5, 5.41) is 8.51. The zero-order valence-corrected chi connectivity index (χ0v) is 14.1. The van der Waals surface area contributed by atoms with Crippen molar-refractivity contribution in [2.45, 2.75) is 20.3 Å². The van der Waals surface area contributed by atoms with Crippen LogP contribution in [0.2, 0.25) is 0 Å². The number of nitrogens with zero attached hydrogens (tertiary/aromatic N) is 1. The van der Waals surface area contributed by atoms with E-state index in [2.05, 4.69) is 29.5 Å². The van der Waals surface area contributed by atoms with E-state index in [-0.39, 0.29) is 0 Å². The normalized spacial score (nSPS) is 14.2. The van der Waals surface area contributed by atoms with Crippen LogP contribution < -0.4 is 0 Å². The summed E-state index contributed by atoms with van der Waals surface area (Å²) >= 11 is 5.81. The first-order valence-electron chi connectivity index (χ1n) is 7.35. The van der Waals surface area contributed by atoms with Crippen LogP contribution >= 0.6 is 11.6 Å². The molecule has 0 saturated heterocycles. The Morgan fingerprint density at radius 1 is 1.39 bits per heavy atom. The molecule has 0 aliphatic carbocycles. The number of benzene rings is 1. The van der Waals surface area contributed by atoms with E-state index in [0.29, 0.717) is 10.9 Å². The first kappa shape index (κ1) is 17.0. The lowest BCUT2D eigenvalue weighted by Gasteiger charge is -2.10. The predicted octanol–water partition coefficient (Wildman–Crippen LogP) is 5.59. The maximum absolute atomic E-state index is 8.14. The van der Waals surface area contributed by atoms with Gasteiger partial charge in [-0.2, -0.15) is 0 Å². The molecule has 0 fully saturated rings. The van der Waals surface area contributed by atoms with Gasteiger partial charge in [0.25, 0.3) is 0 Å². The summed E-state index contributed by atoms with van der Waals surface area (Å²) in [7, 11) is 0. The Balaban J connectivity index is 2.27. The highest BCUT2D eigenvalue weighted by Crippen LogP contribution is 2.19. The van der Waals surface area contributed by atoms with Crippen LogP contribution in [-0.4, -0.2) is 11.9 Å². The van der Waals surface area contributed by atoms with Gasteiger partial charge in [-0.15, -0.1) is 0 Å². The van der Waals surface area contributed by atoms with Crippen molar-refractivity contribution in [3.63, 3.8) is 0 Å². The van der Waals surface area contributed by atoms with Gasteiger partial charge in [-0.1, -0.05) is 54.3 Å². The van der Waals surface area contributed by atoms with Gasteiger partial charge in [0.1, 0.15) is 0 Å². The van der Waals surface area contributed by atoms with Crippen molar-refractivity contribution in [3.8, 4) is 0 Å². The van der Waals surface area contributed by atoms with Crippen molar-refractivity contribution in [1.82, 2.24) is 0 Å². The van der Waals surface area contributed by atoms with Gasteiger partial charge in [0, 0.05) is 11.8 Å². The molecule has 116 valence electrons. The van der Waals surface area contributed by atoms with Crippen LogP contribution in [0.25, 0.3) is 6.08 Å². The van der Waals surface area contributed by atoms with Gasteiger partial charge in [-0.3, -0.25) is 0 Å². The summed E-state index contributed by atoms with van der Waals surface area (Å²) in [6.45, 7) is 7.74. The molecule has 1 aliphatic heterocycles. The van der Waals surface area contributed by atoms with E-state index < -0.39 is 0 Å². The Morgan fingerprint density at radius 3 is 2.91 bits per heavy atom. The minimum atomic E-state index is 0.367. The summed E-state index contributed by atoms with van der Waals surface area (Å²) in [5.74, 6) is 0. The number of allylic oxidation sites excluding steroid dienone is 5. The third-order valence-electron chi connectivity index (χ3n) is 3.58. The van der Waals surface area contributed by atoms with E-state index in [1.807, 2.05) is 44.2 Å². The standard InChI is InChI=1S/C20H19ClN2/c1-14(2)20(22)18-8-5-7-17(15(18)3)11-10-16-6-4-9-19(21)23-13-12-16/h4-5,7-8,10-13,22H,1,6H2,2-3H3. The zero-order valence-electron chi connectivity index (χ0n) is 13.4. The Hall–Kier alpha value is -2.41. The molecule has 23 heavy (non-hydrogen) atoms. The van der Waals surface area contributed by atoms with Gasteiger partial charge >= 0.3 is 0 Å². The minimum absolute atomic E-state index is 0.367. The molecule has 0 atom stereocenters. The van der Waals surface area contributed by atoms with Crippen LogP contribution in [0.15, 0.2) is 70.0 Å². The quantitative estimate of drug-likeness (QED) is 0.426. The number of rotatable bonds is 4. The average Bonchev–Trinajstić information content (AvgIpc) is 2.50. The van der Waals surface area contributed by atoms with E-state index in [1.165, 1.54) is 0 Å². The van der Waals surface area contributed by atoms with Crippen LogP contribution in [0.3, 0.4) is 0 Å². The highest BCUT2D eigenvalue weighted by atomic mass is 35.5. The van der Waals surface area contributed by atoms with E-state index in [0.717, 1.165) is 34.3 Å². The number of hydrogen-bond donors (Lipinski definition) is 1. The van der Waals surface area contributed by atoms with E-state index in [4.69, 9.17) is 17.0 Å². The molecular formula is C20H19ClN2. The Labute approximate surface area is 142 Å². The molecule has 0 unspecified atom stereocenters. The molecule has 0 amide bonds. The zero-order chi connectivity index (χ0) is 16.8. The maximum Gasteiger partial charge on any atom is 0.171 e. The van der Waals surface area contributed by atoms with Gasteiger partial charge in [0.2, 0.25) is 0 Å². The molecule has 0 saturated carbocycles. The maximum atomic E-state index is 8.14. The Kier molecular flexibility index (Phi) is 5.70. The van der Waals surface area contributed by atoms with Crippen molar-refractivity contribution in [2.75, 3.05) is 0 Å². The smallest absolute Gasteiger partial charge is 0.171 e. The van der Waals surface area contributed by atoms with Crippen molar-refractivity contribution in [2.24, 2.45) is 4.99 Å². The minimum Gasteiger partial charge on any atom is -0.300 e. The fourth-order valence-electron chi connectivity index (χ4n) is 2.21. The number of hydrogen-bond acceptors (Lipinski definition) is 2. The molecule has 1 aliphatic rings. The molecule has 1 aromatic rings. The molecule has 0 aromatic heterocycles. The lowest BCUT2D eigenvalue weighted by Crippen LogP contribution is -2.03. The van der Waals surface area contributed by atoms with Crippen LogP contribution in [0, 0.1) is 12.3 Å². The van der Waals surface area contributed by atoms with E-state index in [1.54, 1.807) is 6.21 Å². The van der Waals surface area contributed by atoms with Crippen LogP contribution in [0.1, 0.15) is 30.0 Å². The van der Waals surface area contributed by atoms with Gasteiger partial charge in [-0.05, 0) is 54.7 Å². The van der Waals surface area contributed by atoms with E-state index in [9.17, 15) is 0 Å². The highest BCUT2D eigenvalue weighted by Gasteiger charge is 2.07. The number of halogens is 1. The van der Waals surface area contributed by atoms with Crippen molar-refractivity contribution < 1.29 is 0 Å². The average molecular weight is 323 g/mol. The molecule has 3 heteroatoms. The van der Waals surface area contributed by atoms with Crippen molar-refractivity contribution in [1.29, 1.82) is 5.41 Å². The third-order valence-corrected chi connectivity index (χ3v) is 3.79. The highest BCUT2D eigenvalue weighted by molar-refractivity contribution is 6.29. The van der Waals surface area contributed by atoms with Crippen LogP contribution in [0.5, 0.6) is 0 Å². The summed E-state index contributed by atoms with van der Waals surface area (Å²) < 4.78 is 0. The number of aliphatic imine (C=N–C) groups is 1. The summed E-state index contributed by atoms with van der Waals surface area (Å²) in [5.41, 5.74) is 8.36. The van der Waals surface area contributed by atoms with Crippen LogP contribution in [0.4, 0.5) is 0 Å². The second kappa shape index (κ2) is 7.73. The van der Waals surface area contributed by atoms with Gasteiger partial charge in [0.15, 0.2) is 5.16 Å². The Bertz CT molecular complexity index is 801. The van der Waals surface area contributed by atoms with Gasteiger partial charge in [0.05, 0.1) is 5.71 Å². The second-order valence-corrected chi connectivity index (χ2v) is 5.73. The molecule has 2 nitrogen and oxygen atoms in total. The molecule has 1 N–H and O–H groups in total. The summed E-state index contributed by atoms with van der Waals surface area (Å²) in [6, 6.07) is 5.97. The summed E-state index contributed by atoms with van der Waals surface area (Å²) in [4.78, 5) is 4.03. The summed E-state index contributed by atoms with van der Waals surface area (Å²) in [6.07, 6.45) is 10.4. The van der Waals surface area contributed by atoms with Crippen LogP contribution in [-0.2, 0) is 0 Å². The number of nitrogens with one attached hydrogen (secondary N) is 1.